The smallest absolute Gasteiger partial charge is 0.407 e. The summed E-state index contributed by atoms with van der Waals surface area (Å²) in [7, 11) is 1.50. The van der Waals surface area contributed by atoms with Crippen molar-refractivity contribution in [2.24, 2.45) is 92.7 Å². The molecule has 8 aliphatic rings. The van der Waals surface area contributed by atoms with E-state index in [1.807, 2.05) is 57.2 Å². The number of benzene rings is 4. The minimum absolute atomic E-state index is 0.0952. The number of hydrogen-bond acceptors (Lipinski definition) is 11. The number of carbonyl (C=O) groups is 5. The second-order valence-corrected chi connectivity index (χ2v) is 36.6. The van der Waals surface area contributed by atoms with E-state index < -0.39 is 23.8 Å². The number of rotatable bonds is 23. The zero-order valence-corrected chi connectivity index (χ0v) is 65.9. The van der Waals surface area contributed by atoms with E-state index in [0.29, 0.717) is 96.8 Å². The highest BCUT2D eigenvalue weighted by molar-refractivity contribution is 6.08. The van der Waals surface area contributed by atoms with E-state index in [9.17, 15) is 24.0 Å². The molecule has 0 saturated heterocycles. The van der Waals surface area contributed by atoms with E-state index in [0.717, 1.165) is 125 Å². The van der Waals surface area contributed by atoms with Crippen LogP contribution in [-0.4, -0.2) is 91.0 Å². The number of alkyl carbamates (subject to hydrolysis) is 1. The number of esters is 3. The number of fused-ring (bicyclic) bond motifs is 13. The number of nitrogens with zero attached hydrogens (tertiary/aromatic N) is 1. The van der Waals surface area contributed by atoms with Crippen LogP contribution in [0.1, 0.15) is 233 Å². The minimum Gasteiger partial charge on any atom is -0.469 e. The monoisotopic (exact) mass is 1440 g/mol. The Kier molecular flexibility index (Phi) is 23.8. The van der Waals surface area contributed by atoms with Crippen LogP contribution < -0.4 is 16.0 Å². The lowest BCUT2D eigenvalue weighted by molar-refractivity contribution is -0.165. The van der Waals surface area contributed by atoms with Gasteiger partial charge >= 0.3 is 24.0 Å². The van der Waals surface area contributed by atoms with Gasteiger partial charge in [-0.2, -0.15) is 0 Å². The van der Waals surface area contributed by atoms with Crippen LogP contribution >= 0.6 is 0 Å². The lowest BCUT2D eigenvalue weighted by Gasteiger charge is -2.61. The molecule has 13 heteroatoms. The number of carbonyl (C=O) groups excluding carboxylic acids is 5. The molecule has 8 unspecified atom stereocenters. The molecule has 1 amide bonds. The minimum atomic E-state index is -0.645. The maximum Gasteiger partial charge on any atom is 0.407 e. The molecule has 0 spiro atoms. The first-order chi connectivity index (χ1) is 50.8. The first-order valence-corrected chi connectivity index (χ1v) is 41.4. The largest absolute Gasteiger partial charge is 0.469 e. The average Bonchev–Trinajstić information content (AvgIpc) is 1.35. The highest BCUT2D eigenvalue weighted by Crippen LogP contribution is 2.70. The summed E-state index contributed by atoms with van der Waals surface area (Å²) in [5.41, 5.74) is 6.26. The van der Waals surface area contributed by atoms with Gasteiger partial charge in [-0.15, -0.1) is 0 Å². The standard InChI is InChI=1S/C93H124N4O9/c1-60(26-28-62(3)98)75-37-39-77-73-35-31-67-58-69(42-46-90(67,7)79(73)44-48-92(75,77)9)104-86(100)81(54-63-20-14-12-15-21-63)94-50-18-24-65-29-33-71-72-34-30-66(57-84(72)97(83(71)56-65)53-52-96-88(102)106-89(4,5)6)25-19-51-95-82(55-64-22-16-13-17-23-64)87(101)105-70-43-47-91(8)68(59-70)32-36-74-78-40-38-76(61(2)27-41-85(99)103-11)93(78,10)49-45-80(74)91/h12-17,20-23,29-30,33-34,56-57,60-61,67-70,73-82,94-95H,26-28,31-32,35-55,58-59H2,1-11H3,(H,96,102)/t60-,61-,67-,68-,69-,70-,73+,74+,75?,76?,77+,78+,79?,80?,81+,82+,90?,91?,92?,93?/m1/s1. The zero-order chi connectivity index (χ0) is 74.7. The van der Waals surface area contributed by atoms with Crippen molar-refractivity contribution in [1.29, 1.82) is 0 Å². The van der Waals surface area contributed by atoms with Gasteiger partial charge in [-0.25, -0.2) is 4.79 Å². The fourth-order valence-electron chi connectivity index (χ4n) is 24.3. The van der Waals surface area contributed by atoms with Crippen LogP contribution in [-0.2, 0) is 57.5 Å². The van der Waals surface area contributed by atoms with Crippen LogP contribution in [0, 0.1) is 116 Å². The van der Waals surface area contributed by atoms with Crippen molar-refractivity contribution in [3.63, 3.8) is 0 Å². The summed E-state index contributed by atoms with van der Waals surface area (Å²) in [6.45, 7) is 23.9. The van der Waals surface area contributed by atoms with E-state index >= 15 is 0 Å². The van der Waals surface area contributed by atoms with E-state index in [1.165, 1.54) is 84.2 Å². The molecule has 13 rings (SSSR count). The van der Waals surface area contributed by atoms with E-state index in [-0.39, 0.29) is 54.0 Å². The van der Waals surface area contributed by atoms with Crippen molar-refractivity contribution < 1.29 is 42.9 Å². The number of ketones is 1. The Hall–Kier alpha value is -6.93. The van der Waals surface area contributed by atoms with E-state index in [2.05, 4.69) is 146 Å². The van der Waals surface area contributed by atoms with Crippen LogP contribution in [0.25, 0.3) is 21.8 Å². The molecule has 0 aliphatic heterocycles. The first-order valence-electron chi connectivity index (χ1n) is 41.4. The molecule has 13 nitrogen and oxygen atoms in total. The third-order valence-electron chi connectivity index (χ3n) is 29.6. The Balaban J connectivity index is 0.655. The van der Waals surface area contributed by atoms with Gasteiger partial charge in [0.1, 0.15) is 35.7 Å². The predicted octanol–water partition coefficient (Wildman–Crippen LogP) is 18.2. The Morgan fingerprint density at radius 1 is 0.547 bits per heavy atom. The van der Waals surface area contributed by atoms with Crippen LogP contribution in [0.4, 0.5) is 4.79 Å². The van der Waals surface area contributed by atoms with Gasteiger partial charge in [0, 0.05) is 47.8 Å². The third kappa shape index (κ3) is 16.6. The number of hydrogen-bond donors (Lipinski definition) is 3. The quantitative estimate of drug-likeness (QED) is 0.0324. The van der Waals surface area contributed by atoms with Crippen LogP contribution in [0.2, 0.25) is 0 Å². The molecule has 106 heavy (non-hydrogen) atoms. The van der Waals surface area contributed by atoms with Crippen molar-refractivity contribution in [2.45, 2.75) is 260 Å². The van der Waals surface area contributed by atoms with Gasteiger partial charge in [-0.3, -0.25) is 25.0 Å². The fourth-order valence-corrected chi connectivity index (χ4v) is 24.3. The maximum atomic E-state index is 14.5. The molecule has 3 N–H and O–H groups in total. The van der Waals surface area contributed by atoms with E-state index in [1.54, 1.807) is 6.92 Å². The summed E-state index contributed by atoms with van der Waals surface area (Å²) in [6, 6.07) is 31.8. The molecule has 0 radical (unpaired) electrons. The summed E-state index contributed by atoms with van der Waals surface area (Å²) in [4.78, 5) is 66.2. The Morgan fingerprint density at radius 2 is 0.991 bits per heavy atom. The molecular weight excluding hydrogens is 1320 g/mol. The number of methoxy groups -OCH3 is 1. The van der Waals surface area contributed by atoms with Crippen LogP contribution in [0.3, 0.4) is 0 Å². The van der Waals surface area contributed by atoms with Gasteiger partial charge < -0.3 is 33.6 Å². The number of nitrogens with one attached hydrogen (secondary N) is 3. The van der Waals surface area contributed by atoms with Gasteiger partial charge in [0.05, 0.1) is 31.2 Å². The van der Waals surface area contributed by atoms with Gasteiger partial charge in [0.25, 0.3) is 0 Å². The van der Waals surface area contributed by atoms with Gasteiger partial charge in [0.15, 0.2) is 0 Å². The normalized spacial score (nSPS) is 31.9. The number of amides is 1. The topological polar surface area (TPSA) is 163 Å². The molecule has 20 atom stereocenters. The molecule has 570 valence electrons. The third-order valence-corrected chi connectivity index (χ3v) is 29.6. The predicted molar refractivity (Wildman–Crippen MR) is 421 cm³/mol. The molecule has 8 fully saturated rings. The number of ether oxygens (including phenoxy) is 4. The molecule has 1 heterocycles. The molecule has 0 bridgehead atoms. The highest BCUT2D eigenvalue weighted by atomic mass is 16.6. The van der Waals surface area contributed by atoms with Crippen molar-refractivity contribution in [3.8, 4) is 23.7 Å². The molecular formula is C93H124N4O9. The molecule has 8 saturated carbocycles. The first kappa shape index (κ1) is 77.2. The average molecular weight is 1440 g/mol. The van der Waals surface area contributed by atoms with Crippen molar-refractivity contribution >= 4 is 51.6 Å². The van der Waals surface area contributed by atoms with Crippen molar-refractivity contribution in [3.05, 3.63) is 119 Å². The summed E-state index contributed by atoms with van der Waals surface area (Å²) in [5.74, 6) is 21.4. The van der Waals surface area contributed by atoms with Crippen molar-refractivity contribution in [1.82, 2.24) is 20.5 Å². The lowest BCUT2D eigenvalue weighted by Crippen LogP contribution is -2.54. The Morgan fingerprint density at radius 3 is 1.43 bits per heavy atom. The zero-order valence-electron chi connectivity index (χ0n) is 65.9. The second-order valence-electron chi connectivity index (χ2n) is 36.6. The maximum absolute atomic E-state index is 14.5. The van der Waals surface area contributed by atoms with Crippen molar-refractivity contribution in [2.75, 3.05) is 26.7 Å². The second kappa shape index (κ2) is 32.7. The number of Topliss-reactive ketones (excluding diaryl/α,β-unsaturated/α-hetero) is 1. The Labute approximate surface area is 633 Å². The van der Waals surface area contributed by atoms with Gasteiger partial charge in [-0.05, 0) is 297 Å². The fraction of sp³-hybridized carbons (Fsp3) is 0.645. The highest BCUT2D eigenvalue weighted by Gasteiger charge is 2.63. The molecule has 5 aromatic rings. The van der Waals surface area contributed by atoms with Gasteiger partial charge in [0.2, 0.25) is 0 Å². The SMILES string of the molecule is COC(=O)CC[C@@H](C)C1CC[C@H]2[C@@H]3CC[C@@H]4C[C@H](OC(=O)[C@H](Cc5ccccc5)NCC#Cc5ccc6c7ccc(C#CCN[C@@H](Cc8ccccc8)C(=O)O[C@@H]8CCC9(C)C%10CCC%11(C)C([C@H](C)CCC(C)=O)CC[C@H]%11[C@@H]%10CC[C@@H]9C8)cc7n(CCNC(=O)OC(C)(C)C)c6c5)CCC4(C)C3CCC12C. The van der Waals surface area contributed by atoms with Crippen LogP contribution in [0.5, 0.6) is 0 Å². The number of aromatic nitrogens is 1. The van der Waals surface area contributed by atoms with Gasteiger partial charge in [-0.1, -0.05) is 138 Å². The van der Waals surface area contributed by atoms with Crippen LogP contribution in [0.15, 0.2) is 97.1 Å². The Bertz CT molecular complexity index is 4030. The molecule has 4 aromatic carbocycles. The summed E-state index contributed by atoms with van der Waals surface area (Å²) < 4.78 is 26.1. The molecule has 8 aliphatic carbocycles. The summed E-state index contributed by atoms with van der Waals surface area (Å²) in [6.07, 6.45) is 24.6. The summed E-state index contributed by atoms with van der Waals surface area (Å²) >= 11 is 0. The van der Waals surface area contributed by atoms with E-state index in [4.69, 9.17) is 18.9 Å². The molecule has 1 aromatic heterocycles. The lowest BCUT2D eigenvalue weighted by atomic mass is 9.44. The summed E-state index contributed by atoms with van der Waals surface area (Å²) in [5, 5.41) is 12.1.